The van der Waals surface area contributed by atoms with E-state index in [0.717, 1.165) is 5.39 Å². The Morgan fingerprint density at radius 3 is 2.55 bits per heavy atom. The predicted molar refractivity (Wildman–Crippen MR) is 132 cm³/mol. The number of nitrogens with zero attached hydrogens (tertiary/aromatic N) is 3. The van der Waals surface area contributed by atoms with Gasteiger partial charge in [0, 0.05) is 10.4 Å². The minimum atomic E-state index is -0.351. The zero-order valence-corrected chi connectivity index (χ0v) is 19.3. The van der Waals surface area contributed by atoms with Gasteiger partial charge in [0.2, 0.25) is 5.82 Å². The van der Waals surface area contributed by atoms with Crippen LogP contribution in [0.25, 0.3) is 33.5 Å². The standard InChI is InChI=1S/C24H14Cl3N3O3/c1-32-22-17(26)8-13(9-18(22)27)12-28-30-23(29-19-5-3-2-4-16(19)24(30)31)21-11-14-10-15(25)6-7-20(14)33-21/h2-12H,1H3. The summed E-state index contributed by atoms with van der Waals surface area (Å²) in [6, 6.07) is 17.3. The number of halogens is 3. The topological polar surface area (TPSA) is 69.6 Å². The molecule has 0 N–H and O–H groups in total. The number of para-hydroxylation sites is 1. The van der Waals surface area contributed by atoms with Crippen LogP contribution >= 0.6 is 34.8 Å². The van der Waals surface area contributed by atoms with Crippen molar-refractivity contribution >= 4 is 62.9 Å². The molecule has 0 aliphatic carbocycles. The molecule has 0 amide bonds. The second-order valence-corrected chi connectivity index (χ2v) is 8.38. The van der Waals surface area contributed by atoms with Gasteiger partial charge < -0.3 is 9.15 Å². The van der Waals surface area contributed by atoms with E-state index in [2.05, 4.69) is 10.1 Å². The summed E-state index contributed by atoms with van der Waals surface area (Å²) in [7, 11) is 1.48. The van der Waals surface area contributed by atoms with Crippen LogP contribution < -0.4 is 10.3 Å². The molecule has 3 aromatic carbocycles. The van der Waals surface area contributed by atoms with E-state index < -0.39 is 0 Å². The maximum absolute atomic E-state index is 13.3. The number of ether oxygens (including phenoxy) is 1. The number of aromatic nitrogens is 2. The lowest BCUT2D eigenvalue weighted by atomic mass is 10.2. The smallest absolute Gasteiger partial charge is 0.282 e. The minimum Gasteiger partial charge on any atom is -0.494 e. The quantitative estimate of drug-likeness (QED) is 0.260. The molecule has 0 unspecified atom stereocenters. The molecule has 164 valence electrons. The summed E-state index contributed by atoms with van der Waals surface area (Å²) < 4.78 is 12.3. The zero-order chi connectivity index (χ0) is 23.1. The second-order valence-electron chi connectivity index (χ2n) is 7.12. The number of furan rings is 1. The molecule has 5 rings (SSSR count). The first-order chi connectivity index (χ1) is 15.9. The summed E-state index contributed by atoms with van der Waals surface area (Å²) in [5, 5.41) is 6.82. The fourth-order valence-corrected chi connectivity index (χ4v) is 4.33. The first kappa shape index (κ1) is 21.5. The Hall–Kier alpha value is -3.32. The molecular formula is C24H14Cl3N3O3. The highest BCUT2D eigenvalue weighted by Crippen LogP contribution is 2.33. The van der Waals surface area contributed by atoms with E-state index in [1.807, 2.05) is 6.07 Å². The zero-order valence-electron chi connectivity index (χ0n) is 17.1. The van der Waals surface area contributed by atoms with E-state index in [0.29, 0.717) is 48.6 Å². The fourth-order valence-electron chi connectivity index (χ4n) is 3.49. The van der Waals surface area contributed by atoms with E-state index in [-0.39, 0.29) is 11.4 Å². The van der Waals surface area contributed by atoms with Gasteiger partial charge in [0.25, 0.3) is 5.56 Å². The third-order valence-electron chi connectivity index (χ3n) is 5.00. The Kier molecular flexibility index (Phi) is 5.58. The third kappa shape index (κ3) is 3.97. The van der Waals surface area contributed by atoms with E-state index in [4.69, 9.17) is 44.0 Å². The highest BCUT2D eigenvalue weighted by Gasteiger charge is 2.17. The van der Waals surface area contributed by atoms with Crippen LogP contribution in [0.2, 0.25) is 15.1 Å². The molecule has 0 aliphatic heterocycles. The molecule has 0 bridgehead atoms. The Balaban J connectivity index is 1.71. The molecule has 6 nitrogen and oxygen atoms in total. The van der Waals surface area contributed by atoms with Crippen molar-refractivity contribution in [1.82, 2.24) is 9.66 Å². The highest BCUT2D eigenvalue weighted by molar-refractivity contribution is 6.37. The lowest BCUT2D eigenvalue weighted by Gasteiger charge is -2.08. The van der Waals surface area contributed by atoms with Gasteiger partial charge in [0.1, 0.15) is 5.58 Å². The average molecular weight is 499 g/mol. The Morgan fingerprint density at radius 2 is 1.79 bits per heavy atom. The molecule has 0 radical (unpaired) electrons. The number of hydrogen-bond acceptors (Lipinski definition) is 5. The number of rotatable bonds is 4. The summed E-state index contributed by atoms with van der Waals surface area (Å²) >= 11 is 18.6. The van der Waals surface area contributed by atoms with Crippen LogP contribution in [0.5, 0.6) is 5.75 Å². The van der Waals surface area contributed by atoms with E-state index >= 15 is 0 Å². The Labute approximate surface area is 202 Å². The van der Waals surface area contributed by atoms with Crippen molar-refractivity contribution in [2.75, 3.05) is 7.11 Å². The lowest BCUT2D eigenvalue weighted by molar-refractivity contribution is 0.415. The Bertz CT molecular complexity index is 1600. The molecule has 9 heteroatoms. The van der Waals surface area contributed by atoms with Crippen LogP contribution in [-0.4, -0.2) is 23.0 Å². The largest absolute Gasteiger partial charge is 0.494 e. The summed E-state index contributed by atoms with van der Waals surface area (Å²) in [6.45, 7) is 0. The van der Waals surface area contributed by atoms with Gasteiger partial charge in [-0.25, -0.2) is 4.98 Å². The maximum Gasteiger partial charge on any atom is 0.282 e. The van der Waals surface area contributed by atoms with E-state index in [9.17, 15) is 4.79 Å². The van der Waals surface area contributed by atoms with E-state index in [1.54, 1.807) is 54.6 Å². The van der Waals surface area contributed by atoms with Crippen molar-refractivity contribution in [2.45, 2.75) is 0 Å². The minimum absolute atomic E-state index is 0.243. The van der Waals surface area contributed by atoms with Gasteiger partial charge in [-0.05, 0) is 54.1 Å². The lowest BCUT2D eigenvalue weighted by Crippen LogP contribution is -2.20. The van der Waals surface area contributed by atoms with Crippen LogP contribution in [0.4, 0.5) is 0 Å². The van der Waals surface area contributed by atoms with Crippen LogP contribution in [0.3, 0.4) is 0 Å². The Morgan fingerprint density at radius 1 is 1.03 bits per heavy atom. The van der Waals surface area contributed by atoms with Gasteiger partial charge >= 0.3 is 0 Å². The van der Waals surface area contributed by atoms with Crippen molar-refractivity contribution in [1.29, 1.82) is 0 Å². The second kappa shape index (κ2) is 8.56. The average Bonchev–Trinajstić information content (AvgIpc) is 3.21. The molecule has 33 heavy (non-hydrogen) atoms. The van der Waals surface area contributed by atoms with Gasteiger partial charge in [-0.1, -0.05) is 46.9 Å². The molecule has 2 aromatic heterocycles. The van der Waals surface area contributed by atoms with Crippen molar-refractivity contribution < 1.29 is 9.15 Å². The number of fused-ring (bicyclic) bond motifs is 2. The van der Waals surface area contributed by atoms with Gasteiger partial charge in [-0.2, -0.15) is 9.78 Å². The SMILES string of the molecule is COc1c(Cl)cc(C=Nn2c(-c3cc4cc(Cl)ccc4o3)nc3ccccc3c2=O)cc1Cl. The van der Waals surface area contributed by atoms with Crippen LogP contribution in [0, 0.1) is 0 Å². The van der Waals surface area contributed by atoms with Gasteiger partial charge in [0.05, 0.1) is 34.3 Å². The summed E-state index contributed by atoms with van der Waals surface area (Å²) in [5.41, 5.74) is 1.36. The van der Waals surface area contributed by atoms with Gasteiger partial charge in [0.15, 0.2) is 11.5 Å². The van der Waals surface area contributed by atoms with Crippen molar-refractivity contribution in [3.63, 3.8) is 0 Å². The molecule has 2 heterocycles. The molecule has 0 atom stereocenters. The van der Waals surface area contributed by atoms with Crippen LogP contribution in [0.1, 0.15) is 5.56 Å². The van der Waals surface area contributed by atoms with Gasteiger partial charge in [-0.15, -0.1) is 0 Å². The first-order valence-corrected chi connectivity index (χ1v) is 10.9. The molecule has 0 saturated carbocycles. The summed E-state index contributed by atoms with van der Waals surface area (Å²) in [6.07, 6.45) is 1.47. The van der Waals surface area contributed by atoms with Crippen molar-refractivity contribution in [3.8, 4) is 17.3 Å². The molecule has 5 aromatic rings. The summed E-state index contributed by atoms with van der Waals surface area (Å²) in [5.74, 6) is 0.979. The molecule has 0 spiro atoms. The van der Waals surface area contributed by atoms with Crippen LogP contribution in [-0.2, 0) is 0 Å². The first-order valence-electron chi connectivity index (χ1n) is 9.73. The molecule has 0 fully saturated rings. The number of hydrogen-bond donors (Lipinski definition) is 0. The summed E-state index contributed by atoms with van der Waals surface area (Å²) in [4.78, 5) is 18.0. The fraction of sp³-hybridized carbons (Fsp3) is 0.0417. The molecule has 0 saturated heterocycles. The number of benzene rings is 3. The van der Waals surface area contributed by atoms with Crippen LogP contribution in [0.15, 0.2) is 75.0 Å². The van der Waals surface area contributed by atoms with Crippen molar-refractivity contribution in [3.05, 3.63) is 91.6 Å². The predicted octanol–water partition coefficient (Wildman–Crippen LogP) is 6.66. The third-order valence-corrected chi connectivity index (χ3v) is 5.80. The van der Waals surface area contributed by atoms with E-state index in [1.165, 1.54) is 18.0 Å². The highest BCUT2D eigenvalue weighted by atomic mass is 35.5. The number of methoxy groups -OCH3 is 1. The molecular weight excluding hydrogens is 485 g/mol. The molecule has 0 aliphatic rings. The van der Waals surface area contributed by atoms with Gasteiger partial charge in [-0.3, -0.25) is 4.79 Å². The van der Waals surface area contributed by atoms with Crippen molar-refractivity contribution in [2.24, 2.45) is 5.10 Å². The monoisotopic (exact) mass is 497 g/mol. The normalized spacial score (nSPS) is 11.6. The maximum atomic E-state index is 13.3.